The highest BCUT2D eigenvalue weighted by Gasteiger charge is 2.43. The van der Waals surface area contributed by atoms with Crippen LogP contribution in [0.3, 0.4) is 0 Å². The number of rotatable bonds is 8. The molecule has 2 amide bonds. The van der Waals surface area contributed by atoms with Crippen LogP contribution in [0.25, 0.3) is 10.9 Å². The van der Waals surface area contributed by atoms with E-state index in [1.54, 1.807) is 19.1 Å². The van der Waals surface area contributed by atoms with Crippen LogP contribution in [0.1, 0.15) is 33.2 Å². The Kier molecular flexibility index (Phi) is 7.51. The van der Waals surface area contributed by atoms with Crippen molar-refractivity contribution in [1.82, 2.24) is 9.88 Å². The molecule has 0 aliphatic carbocycles. The smallest absolute Gasteiger partial charge is 0.490 e. The zero-order valence-corrected chi connectivity index (χ0v) is 20.9. The van der Waals surface area contributed by atoms with Crippen molar-refractivity contribution in [2.24, 2.45) is 0 Å². The lowest BCUT2D eigenvalue weighted by Gasteiger charge is -2.15. The first kappa shape index (κ1) is 24.2. The van der Waals surface area contributed by atoms with Crippen molar-refractivity contribution < 1.29 is 33.0 Å². The van der Waals surface area contributed by atoms with Crippen LogP contribution in [0, 0.1) is 5.82 Å². The lowest BCUT2D eigenvalue weighted by Crippen LogP contribution is -2.29. The standard InChI is InChI=1S/C23H18FIN2O6S/c1-2-31-23(30)33-19-15-4-3-9-26-18(15)20(32-10-11-34-25)17-16(19)21(28)27(22(17)29)12-13-5-7-14(24)8-6-13/h3-9H,2,10-12H2,1H3. The average molecular weight is 596 g/mol. The number of hydrogen-bond donors (Lipinski definition) is 0. The first-order valence-corrected chi connectivity index (χ1v) is 13.7. The van der Waals surface area contributed by atoms with Crippen molar-refractivity contribution in [2.75, 3.05) is 19.0 Å². The molecule has 2 heterocycles. The molecule has 0 saturated carbocycles. The molecule has 0 spiro atoms. The highest BCUT2D eigenvalue weighted by atomic mass is 127. The SMILES string of the molecule is CCOC(=O)Oc1c2c(c(OCCSI)c3ncccc13)C(=O)N(Cc1ccc(F)cc1)C2=O. The maximum absolute atomic E-state index is 13.5. The summed E-state index contributed by atoms with van der Waals surface area (Å²) in [5.74, 6) is -1.06. The van der Waals surface area contributed by atoms with E-state index in [9.17, 15) is 18.8 Å². The minimum absolute atomic E-state index is 0.0314. The van der Waals surface area contributed by atoms with Gasteiger partial charge in [-0.3, -0.25) is 19.5 Å². The number of hydrogen-bond acceptors (Lipinski definition) is 8. The Balaban J connectivity index is 1.87. The van der Waals surface area contributed by atoms with Crippen LogP contribution in [0.5, 0.6) is 11.5 Å². The maximum atomic E-state index is 13.5. The van der Waals surface area contributed by atoms with Gasteiger partial charge in [-0.25, -0.2) is 9.18 Å². The molecule has 11 heteroatoms. The van der Waals surface area contributed by atoms with Crippen LogP contribution in [-0.4, -0.2) is 46.8 Å². The second-order valence-corrected chi connectivity index (χ2v) is 9.57. The Morgan fingerprint density at radius 3 is 2.50 bits per heavy atom. The minimum Gasteiger partial charge on any atom is -0.490 e. The van der Waals surface area contributed by atoms with E-state index in [1.165, 1.54) is 39.4 Å². The Labute approximate surface area is 210 Å². The number of benzene rings is 2. The van der Waals surface area contributed by atoms with Gasteiger partial charge in [-0.05, 0) is 58.0 Å². The van der Waals surface area contributed by atoms with Crippen LogP contribution in [0.15, 0.2) is 42.6 Å². The van der Waals surface area contributed by atoms with Gasteiger partial charge in [-0.1, -0.05) is 21.1 Å². The zero-order valence-electron chi connectivity index (χ0n) is 17.9. The zero-order chi connectivity index (χ0) is 24.2. The number of ether oxygens (including phenoxy) is 3. The number of halogens is 2. The quantitative estimate of drug-likeness (QED) is 0.116. The fourth-order valence-corrected chi connectivity index (χ4v) is 4.27. The normalized spacial score (nSPS) is 12.7. The molecule has 2 aromatic carbocycles. The summed E-state index contributed by atoms with van der Waals surface area (Å²) in [7, 11) is 1.53. The summed E-state index contributed by atoms with van der Waals surface area (Å²) >= 11 is 2.13. The van der Waals surface area contributed by atoms with Crippen LogP contribution in [0.4, 0.5) is 9.18 Å². The molecule has 8 nitrogen and oxygen atoms in total. The van der Waals surface area contributed by atoms with Gasteiger partial charge in [0.05, 0.1) is 19.8 Å². The van der Waals surface area contributed by atoms with Crippen molar-refractivity contribution in [3.05, 3.63) is 65.1 Å². The molecule has 1 aliphatic rings. The lowest BCUT2D eigenvalue weighted by atomic mass is 10.0. The Hall–Kier alpha value is -2.93. The lowest BCUT2D eigenvalue weighted by molar-refractivity contribution is 0.0640. The van der Waals surface area contributed by atoms with Gasteiger partial charge in [0.2, 0.25) is 0 Å². The van der Waals surface area contributed by atoms with Gasteiger partial charge < -0.3 is 14.2 Å². The van der Waals surface area contributed by atoms with Gasteiger partial charge in [0.1, 0.15) is 22.5 Å². The van der Waals surface area contributed by atoms with E-state index in [1.807, 2.05) is 0 Å². The minimum atomic E-state index is -1.01. The number of carbonyl (C=O) groups excluding carboxylic acids is 3. The molecule has 1 aliphatic heterocycles. The number of aromatic nitrogens is 1. The van der Waals surface area contributed by atoms with E-state index >= 15 is 0 Å². The van der Waals surface area contributed by atoms with Gasteiger partial charge in [0.15, 0.2) is 11.5 Å². The third kappa shape index (κ3) is 4.67. The second-order valence-electron chi connectivity index (χ2n) is 7.08. The molecular weight excluding hydrogens is 578 g/mol. The Morgan fingerprint density at radius 1 is 1.12 bits per heavy atom. The maximum Gasteiger partial charge on any atom is 0.513 e. The molecule has 0 radical (unpaired) electrons. The molecule has 4 rings (SSSR count). The van der Waals surface area contributed by atoms with Crippen molar-refractivity contribution in [2.45, 2.75) is 13.5 Å². The summed E-state index contributed by atoms with van der Waals surface area (Å²) in [6.07, 6.45) is 0.502. The largest absolute Gasteiger partial charge is 0.513 e. The fraction of sp³-hybridized carbons (Fsp3) is 0.217. The number of fused-ring (bicyclic) bond motifs is 2. The third-order valence-electron chi connectivity index (χ3n) is 5.00. The first-order valence-electron chi connectivity index (χ1n) is 10.2. The first-order chi connectivity index (χ1) is 16.5. The highest BCUT2D eigenvalue weighted by Crippen LogP contribution is 2.44. The van der Waals surface area contributed by atoms with Crippen molar-refractivity contribution in [1.29, 1.82) is 0 Å². The Bertz CT molecular complexity index is 1270. The van der Waals surface area contributed by atoms with Gasteiger partial charge in [-0.15, -0.1) is 0 Å². The molecule has 1 aromatic heterocycles. The van der Waals surface area contributed by atoms with Crippen LogP contribution in [-0.2, 0) is 11.3 Å². The van der Waals surface area contributed by atoms with Gasteiger partial charge in [0.25, 0.3) is 11.8 Å². The van der Waals surface area contributed by atoms with E-state index < -0.39 is 23.8 Å². The molecule has 0 atom stereocenters. The second kappa shape index (κ2) is 10.6. The summed E-state index contributed by atoms with van der Waals surface area (Å²) in [5, 5.41) is 0.330. The Morgan fingerprint density at radius 2 is 1.82 bits per heavy atom. The monoisotopic (exact) mass is 596 g/mol. The van der Waals surface area contributed by atoms with E-state index in [4.69, 9.17) is 14.2 Å². The third-order valence-corrected chi connectivity index (χ3v) is 6.64. The van der Waals surface area contributed by atoms with Gasteiger partial charge in [0, 0.05) is 17.3 Å². The number of pyridine rings is 1. The van der Waals surface area contributed by atoms with Crippen LogP contribution < -0.4 is 9.47 Å². The molecule has 3 aromatic rings. The molecule has 34 heavy (non-hydrogen) atoms. The van der Waals surface area contributed by atoms with Crippen LogP contribution in [0.2, 0.25) is 0 Å². The topological polar surface area (TPSA) is 95.0 Å². The average Bonchev–Trinajstić information content (AvgIpc) is 3.07. The number of carbonyl (C=O) groups is 3. The van der Waals surface area contributed by atoms with E-state index in [0.29, 0.717) is 16.7 Å². The summed E-state index contributed by atoms with van der Waals surface area (Å²) < 4.78 is 29.6. The fourth-order valence-electron chi connectivity index (χ4n) is 3.59. The molecule has 0 unspecified atom stereocenters. The molecule has 176 valence electrons. The molecule has 0 N–H and O–H groups in total. The number of amides is 2. The van der Waals surface area contributed by atoms with E-state index in [2.05, 4.69) is 26.2 Å². The summed E-state index contributed by atoms with van der Waals surface area (Å²) in [6.45, 7) is 1.85. The summed E-state index contributed by atoms with van der Waals surface area (Å²) in [5.41, 5.74) is 0.702. The van der Waals surface area contributed by atoms with Crippen LogP contribution >= 0.6 is 30.1 Å². The number of imide groups is 1. The van der Waals surface area contributed by atoms with E-state index in [-0.39, 0.29) is 47.9 Å². The molecule has 0 fully saturated rings. The predicted molar refractivity (Wildman–Crippen MR) is 132 cm³/mol. The number of nitrogens with zero attached hydrogens (tertiary/aromatic N) is 2. The summed E-state index contributed by atoms with van der Waals surface area (Å²) in [4.78, 5) is 44.5. The predicted octanol–water partition coefficient (Wildman–Crippen LogP) is 5.17. The van der Waals surface area contributed by atoms with Crippen molar-refractivity contribution >= 4 is 59.0 Å². The van der Waals surface area contributed by atoms with Gasteiger partial charge >= 0.3 is 6.16 Å². The van der Waals surface area contributed by atoms with E-state index in [0.717, 1.165) is 4.90 Å². The molecule has 0 bridgehead atoms. The highest BCUT2D eigenvalue weighted by molar-refractivity contribution is 14.2. The van der Waals surface area contributed by atoms with Crippen molar-refractivity contribution in [3.63, 3.8) is 0 Å². The van der Waals surface area contributed by atoms with Crippen molar-refractivity contribution in [3.8, 4) is 11.5 Å². The molecular formula is C23H18FIN2O6S. The molecule has 0 saturated heterocycles. The van der Waals surface area contributed by atoms with Gasteiger partial charge in [-0.2, -0.15) is 0 Å². The summed E-state index contributed by atoms with van der Waals surface area (Å²) in [6, 6.07) is 8.71.